The minimum absolute atomic E-state index is 0.489. The summed E-state index contributed by atoms with van der Waals surface area (Å²) >= 11 is 0. The summed E-state index contributed by atoms with van der Waals surface area (Å²) in [6.45, 7) is -1.47. The fraction of sp³-hybridized carbons (Fsp3) is 0.333. The lowest BCUT2D eigenvalue weighted by Crippen LogP contribution is -2.40. The van der Waals surface area contributed by atoms with E-state index in [9.17, 15) is 22.4 Å². The molecule has 9 heteroatoms. The lowest BCUT2D eigenvalue weighted by Gasteiger charge is -2.20. The van der Waals surface area contributed by atoms with Gasteiger partial charge in [0, 0.05) is 0 Å². The van der Waals surface area contributed by atoms with Gasteiger partial charge in [0.2, 0.25) is 10.0 Å². The van der Waals surface area contributed by atoms with Crippen LogP contribution < -0.4 is 0 Å². The maximum Gasteiger partial charge on any atom is 0.321 e. The summed E-state index contributed by atoms with van der Waals surface area (Å²) in [7, 11) is -2.26. The molecule has 0 aliphatic carbocycles. The summed E-state index contributed by atoms with van der Waals surface area (Å²) in [6.07, 6.45) is 0. The molecule has 0 aliphatic rings. The van der Waals surface area contributed by atoms with Gasteiger partial charge in [-0.25, -0.2) is 12.8 Å². The summed E-state index contributed by atoms with van der Waals surface area (Å²) in [6, 6.07) is 4.64. The van der Waals surface area contributed by atoms with Gasteiger partial charge in [-0.2, -0.15) is 4.31 Å². The van der Waals surface area contributed by atoms with Crippen LogP contribution in [0.5, 0.6) is 0 Å². The smallest absolute Gasteiger partial charge is 0.321 e. The standard InChI is InChI=1S/C12H14FNO6S/c1-19-11(15)7-14(8-12(16)20-2)21(17,18)10-6-4-3-5-9(10)13/h3-6H,7-8H2,1-2H3. The van der Waals surface area contributed by atoms with Crippen molar-refractivity contribution in [3.63, 3.8) is 0 Å². The molecule has 0 amide bonds. The molecular weight excluding hydrogens is 305 g/mol. The first-order valence-electron chi connectivity index (χ1n) is 5.71. The average molecular weight is 319 g/mol. The van der Waals surface area contributed by atoms with Gasteiger partial charge in [-0.15, -0.1) is 0 Å². The van der Waals surface area contributed by atoms with E-state index in [2.05, 4.69) is 9.47 Å². The molecular formula is C12H14FNO6S. The van der Waals surface area contributed by atoms with Crippen LogP contribution in [0.25, 0.3) is 0 Å². The molecule has 0 fully saturated rings. The zero-order valence-corrected chi connectivity index (χ0v) is 12.2. The second kappa shape index (κ2) is 7.14. The highest BCUT2D eigenvalue weighted by atomic mass is 32.2. The molecule has 1 aromatic carbocycles. The largest absolute Gasteiger partial charge is 0.468 e. The molecule has 1 aromatic rings. The number of ether oxygens (including phenoxy) is 2. The van der Waals surface area contributed by atoms with Gasteiger partial charge in [-0.3, -0.25) is 9.59 Å². The number of esters is 2. The lowest BCUT2D eigenvalue weighted by molar-refractivity contribution is -0.143. The van der Waals surface area contributed by atoms with E-state index in [1.807, 2.05) is 0 Å². The third-order valence-corrected chi connectivity index (χ3v) is 4.35. The highest BCUT2D eigenvalue weighted by Crippen LogP contribution is 2.18. The minimum atomic E-state index is -4.39. The molecule has 0 aliphatic heterocycles. The number of carbonyl (C=O) groups excluding carboxylic acids is 2. The molecule has 0 N–H and O–H groups in total. The molecule has 0 atom stereocenters. The predicted octanol–water partition coefficient (Wildman–Crippen LogP) is 0.162. The topological polar surface area (TPSA) is 90.0 Å². The molecule has 0 bridgehead atoms. The van der Waals surface area contributed by atoms with Crippen molar-refractivity contribution in [3.8, 4) is 0 Å². The van der Waals surface area contributed by atoms with Gasteiger partial charge in [-0.05, 0) is 12.1 Å². The third kappa shape index (κ3) is 4.23. The zero-order valence-electron chi connectivity index (χ0n) is 11.4. The summed E-state index contributed by atoms with van der Waals surface area (Å²) in [4.78, 5) is 21.9. The van der Waals surface area contributed by atoms with E-state index in [0.717, 1.165) is 26.4 Å². The van der Waals surface area contributed by atoms with E-state index in [4.69, 9.17) is 0 Å². The molecule has 0 spiro atoms. The van der Waals surface area contributed by atoms with Crippen molar-refractivity contribution >= 4 is 22.0 Å². The molecule has 0 unspecified atom stereocenters. The fourth-order valence-corrected chi connectivity index (χ4v) is 2.83. The van der Waals surface area contributed by atoms with Crippen molar-refractivity contribution in [3.05, 3.63) is 30.1 Å². The van der Waals surface area contributed by atoms with Crippen molar-refractivity contribution in [1.82, 2.24) is 4.31 Å². The number of rotatable bonds is 6. The maximum absolute atomic E-state index is 13.6. The van der Waals surface area contributed by atoms with Crippen LogP contribution in [0.1, 0.15) is 0 Å². The molecule has 1 rings (SSSR count). The van der Waals surface area contributed by atoms with E-state index in [0.29, 0.717) is 4.31 Å². The normalized spacial score (nSPS) is 11.2. The molecule has 7 nitrogen and oxygen atoms in total. The Labute approximate surface area is 121 Å². The van der Waals surface area contributed by atoms with Gasteiger partial charge in [0.1, 0.15) is 23.8 Å². The van der Waals surface area contributed by atoms with Gasteiger partial charge in [-0.1, -0.05) is 12.1 Å². The highest BCUT2D eigenvalue weighted by molar-refractivity contribution is 7.89. The zero-order chi connectivity index (χ0) is 16.0. The molecule has 0 heterocycles. The first kappa shape index (κ1) is 17.1. The number of sulfonamides is 1. The van der Waals surface area contributed by atoms with Crippen molar-refractivity contribution in [2.75, 3.05) is 27.3 Å². The van der Waals surface area contributed by atoms with E-state index >= 15 is 0 Å². The van der Waals surface area contributed by atoms with Crippen LogP contribution in [-0.4, -0.2) is 52.0 Å². The van der Waals surface area contributed by atoms with Crippen LogP contribution in [0, 0.1) is 5.82 Å². The molecule has 21 heavy (non-hydrogen) atoms. The van der Waals surface area contributed by atoms with Crippen LogP contribution in [0.15, 0.2) is 29.2 Å². The first-order valence-corrected chi connectivity index (χ1v) is 7.15. The first-order chi connectivity index (χ1) is 9.82. The number of hydrogen-bond donors (Lipinski definition) is 0. The highest BCUT2D eigenvalue weighted by Gasteiger charge is 2.31. The number of carbonyl (C=O) groups is 2. The monoisotopic (exact) mass is 319 g/mol. The van der Waals surface area contributed by atoms with Crippen molar-refractivity contribution in [2.45, 2.75) is 4.90 Å². The van der Waals surface area contributed by atoms with Gasteiger partial charge >= 0.3 is 11.9 Å². The van der Waals surface area contributed by atoms with Crippen LogP contribution >= 0.6 is 0 Å². The predicted molar refractivity (Wildman–Crippen MR) is 69.2 cm³/mol. The van der Waals surface area contributed by atoms with Crippen molar-refractivity contribution in [1.29, 1.82) is 0 Å². The Hall–Kier alpha value is -2.00. The van der Waals surface area contributed by atoms with Crippen LogP contribution in [0.2, 0.25) is 0 Å². The van der Waals surface area contributed by atoms with Crippen LogP contribution in [0.3, 0.4) is 0 Å². The van der Waals surface area contributed by atoms with Gasteiger partial charge in [0.05, 0.1) is 14.2 Å². The van der Waals surface area contributed by atoms with E-state index < -0.39 is 45.8 Å². The molecule has 0 saturated carbocycles. The van der Waals surface area contributed by atoms with E-state index in [-0.39, 0.29) is 0 Å². The van der Waals surface area contributed by atoms with E-state index in [1.165, 1.54) is 12.1 Å². The summed E-state index contributed by atoms with van der Waals surface area (Å²) in [5.41, 5.74) is 0. The third-order valence-electron chi connectivity index (χ3n) is 2.52. The Morgan fingerprint density at radius 2 is 1.57 bits per heavy atom. The van der Waals surface area contributed by atoms with E-state index in [1.54, 1.807) is 0 Å². The molecule has 0 radical (unpaired) electrons. The quantitative estimate of drug-likeness (QED) is 0.694. The summed E-state index contributed by atoms with van der Waals surface area (Å²) in [5.74, 6) is -2.77. The average Bonchev–Trinajstić information content (AvgIpc) is 2.46. The Morgan fingerprint density at radius 1 is 1.10 bits per heavy atom. The number of halogens is 1. The SMILES string of the molecule is COC(=O)CN(CC(=O)OC)S(=O)(=O)c1ccccc1F. The molecule has 0 aromatic heterocycles. The Balaban J connectivity index is 3.19. The van der Waals surface area contributed by atoms with Gasteiger partial charge < -0.3 is 9.47 Å². The molecule has 116 valence electrons. The number of hydrogen-bond acceptors (Lipinski definition) is 6. The Bertz CT molecular complexity index is 612. The minimum Gasteiger partial charge on any atom is -0.468 e. The van der Waals surface area contributed by atoms with Gasteiger partial charge in [0.15, 0.2) is 0 Å². The van der Waals surface area contributed by atoms with Crippen molar-refractivity contribution < 1.29 is 31.9 Å². The van der Waals surface area contributed by atoms with Crippen molar-refractivity contribution in [2.24, 2.45) is 0 Å². The number of nitrogens with zero attached hydrogens (tertiary/aromatic N) is 1. The second-order valence-electron chi connectivity index (χ2n) is 3.86. The summed E-state index contributed by atoms with van der Waals surface area (Å²) < 4.78 is 47.5. The Kier molecular flexibility index (Phi) is 5.79. The molecule has 0 saturated heterocycles. The Morgan fingerprint density at radius 3 is 2.00 bits per heavy atom. The fourth-order valence-electron chi connectivity index (χ4n) is 1.44. The number of methoxy groups -OCH3 is 2. The van der Waals surface area contributed by atoms with Gasteiger partial charge in [0.25, 0.3) is 0 Å². The summed E-state index contributed by atoms with van der Waals surface area (Å²) in [5, 5.41) is 0. The number of benzene rings is 1. The second-order valence-corrected chi connectivity index (χ2v) is 5.76. The lowest BCUT2D eigenvalue weighted by atomic mass is 10.4. The maximum atomic E-state index is 13.6. The van der Waals surface area contributed by atoms with Crippen LogP contribution in [-0.2, 0) is 29.1 Å². The van der Waals surface area contributed by atoms with Crippen LogP contribution in [0.4, 0.5) is 4.39 Å².